The van der Waals surface area contributed by atoms with Crippen LogP contribution < -0.4 is 10.0 Å². The maximum absolute atomic E-state index is 12.8. The second kappa shape index (κ2) is 8.61. The van der Waals surface area contributed by atoms with Crippen molar-refractivity contribution in [1.29, 1.82) is 0 Å². The van der Waals surface area contributed by atoms with Gasteiger partial charge in [-0.25, -0.2) is 9.52 Å². The molecule has 0 saturated heterocycles. The Morgan fingerprint density at radius 3 is 1.74 bits per heavy atom. The molecule has 1 aromatic rings. The number of amides is 2. The molecule has 0 aliphatic rings. The van der Waals surface area contributed by atoms with Gasteiger partial charge in [0.15, 0.2) is 0 Å². The lowest BCUT2D eigenvalue weighted by Crippen LogP contribution is -2.55. The van der Waals surface area contributed by atoms with E-state index in [1.165, 1.54) is 4.31 Å². The lowest BCUT2D eigenvalue weighted by Gasteiger charge is -2.37. The number of para-hydroxylation sites is 1. The number of nitrogens with one attached hydrogen (secondary N) is 2. The Hall–Kier alpha value is -1.60. The van der Waals surface area contributed by atoms with Gasteiger partial charge < -0.3 is 5.32 Å². The van der Waals surface area contributed by atoms with Crippen molar-refractivity contribution in [2.75, 3.05) is 5.32 Å². The Bertz CT molecular complexity index is 737. The van der Waals surface area contributed by atoms with E-state index < -0.39 is 21.8 Å². The Morgan fingerprint density at radius 2 is 1.41 bits per heavy atom. The number of hydrogen-bond donors (Lipinski definition) is 2. The zero-order valence-electron chi connectivity index (χ0n) is 18.0. The number of nitrogens with zero attached hydrogens (tertiary/aromatic N) is 1. The van der Waals surface area contributed by atoms with Crippen LogP contribution in [0, 0.1) is 0 Å². The fraction of sp³-hybridized carbons (Fsp3) is 0.650. The molecule has 0 radical (unpaired) electrons. The molecular formula is C20H35N3O3S. The molecule has 2 N–H and O–H groups in total. The summed E-state index contributed by atoms with van der Waals surface area (Å²) in [5.41, 5.74) is 1.98. The highest BCUT2D eigenvalue weighted by Gasteiger charge is 2.36. The average Bonchev–Trinajstić information content (AvgIpc) is 2.43. The third kappa shape index (κ3) is 5.94. The lowest BCUT2D eigenvalue weighted by molar-refractivity contribution is 0.206. The molecule has 1 aromatic carbocycles. The van der Waals surface area contributed by atoms with Gasteiger partial charge in [-0.05, 0) is 57.6 Å². The van der Waals surface area contributed by atoms with Gasteiger partial charge in [0, 0.05) is 17.3 Å². The molecule has 0 aliphatic heterocycles. The second-order valence-corrected chi connectivity index (χ2v) is 10.3. The van der Waals surface area contributed by atoms with Crippen molar-refractivity contribution in [1.82, 2.24) is 9.03 Å². The largest absolute Gasteiger partial charge is 0.333 e. The van der Waals surface area contributed by atoms with Gasteiger partial charge in [-0.1, -0.05) is 45.9 Å². The number of hydrogen-bond acceptors (Lipinski definition) is 3. The van der Waals surface area contributed by atoms with Crippen LogP contribution in [-0.2, 0) is 10.2 Å². The third-order valence-corrected chi connectivity index (χ3v) is 6.15. The van der Waals surface area contributed by atoms with Crippen molar-refractivity contribution in [3.8, 4) is 0 Å². The summed E-state index contributed by atoms with van der Waals surface area (Å²) in [4.78, 5) is 12.6. The number of carbonyl (C=O) groups is 1. The summed E-state index contributed by atoms with van der Waals surface area (Å²) in [5, 5.41) is 2.79. The summed E-state index contributed by atoms with van der Waals surface area (Å²) in [6.07, 6.45) is 0. The van der Waals surface area contributed by atoms with Crippen molar-refractivity contribution >= 4 is 21.9 Å². The summed E-state index contributed by atoms with van der Waals surface area (Å²) in [5.74, 6) is 0.384. The summed E-state index contributed by atoms with van der Waals surface area (Å²) >= 11 is 0. The van der Waals surface area contributed by atoms with Gasteiger partial charge in [-0.15, -0.1) is 0 Å². The summed E-state index contributed by atoms with van der Waals surface area (Å²) in [6.45, 7) is 17.1. The molecule has 27 heavy (non-hydrogen) atoms. The van der Waals surface area contributed by atoms with Crippen LogP contribution in [0.5, 0.6) is 0 Å². The molecule has 6 nitrogen and oxygen atoms in total. The minimum atomic E-state index is -3.99. The van der Waals surface area contributed by atoms with Crippen molar-refractivity contribution in [3.63, 3.8) is 0 Å². The summed E-state index contributed by atoms with van der Waals surface area (Å²) in [6, 6.07) is 4.83. The van der Waals surface area contributed by atoms with E-state index in [2.05, 4.69) is 10.0 Å². The number of anilines is 1. The first-order chi connectivity index (χ1) is 12.2. The SMILES string of the molecule is CC(C)c1cccc(C(C)C)c1NC(=O)NS(=O)(=O)N(C(C)C)C(C)(C)C. The maximum atomic E-state index is 12.8. The second-order valence-electron chi connectivity index (χ2n) is 8.74. The standard InChI is InChI=1S/C20H35N3O3S/c1-13(2)16-11-10-12-17(14(3)4)18(16)21-19(24)22-27(25,26)23(15(5)6)20(7,8)9/h10-15H,1-9H3,(H2,21,22,24). The Kier molecular flexibility index (Phi) is 7.47. The van der Waals surface area contributed by atoms with E-state index in [1.54, 1.807) is 34.6 Å². The molecule has 154 valence electrons. The molecule has 0 saturated carbocycles. The van der Waals surface area contributed by atoms with Crippen LogP contribution in [0.3, 0.4) is 0 Å². The van der Waals surface area contributed by atoms with Gasteiger partial charge in [0.05, 0.1) is 0 Å². The molecule has 2 amide bonds. The Labute approximate surface area is 164 Å². The molecule has 0 fully saturated rings. The van der Waals surface area contributed by atoms with E-state index in [1.807, 2.05) is 45.9 Å². The summed E-state index contributed by atoms with van der Waals surface area (Å²) in [7, 11) is -3.99. The van der Waals surface area contributed by atoms with E-state index >= 15 is 0 Å². The number of benzene rings is 1. The third-order valence-electron chi connectivity index (χ3n) is 4.22. The van der Waals surface area contributed by atoms with E-state index in [0.29, 0.717) is 5.69 Å². The van der Waals surface area contributed by atoms with Crippen molar-refractivity contribution < 1.29 is 13.2 Å². The normalized spacial score (nSPS) is 12.9. The molecular weight excluding hydrogens is 362 g/mol. The number of carbonyl (C=O) groups excluding carboxylic acids is 1. The molecule has 0 unspecified atom stereocenters. The first kappa shape index (κ1) is 23.4. The zero-order valence-corrected chi connectivity index (χ0v) is 18.9. The van der Waals surface area contributed by atoms with Gasteiger partial charge in [0.1, 0.15) is 0 Å². The Balaban J connectivity index is 3.20. The highest BCUT2D eigenvalue weighted by molar-refractivity contribution is 7.87. The average molecular weight is 398 g/mol. The van der Waals surface area contributed by atoms with E-state index in [-0.39, 0.29) is 17.9 Å². The molecule has 7 heteroatoms. The first-order valence-corrected chi connectivity index (χ1v) is 10.9. The monoisotopic (exact) mass is 397 g/mol. The maximum Gasteiger partial charge on any atom is 0.333 e. The van der Waals surface area contributed by atoms with Crippen LogP contribution in [0.2, 0.25) is 0 Å². The zero-order chi connectivity index (χ0) is 21.2. The van der Waals surface area contributed by atoms with Crippen molar-refractivity contribution in [3.05, 3.63) is 29.3 Å². The van der Waals surface area contributed by atoms with Crippen molar-refractivity contribution in [2.45, 2.75) is 85.7 Å². The molecule has 0 bridgehead atoms. The van der Waals surface area contributed by atoms with Crippen LogP contribution in [0.15, 0.2) is 18.2 Å². The lowest BCUT2D eigenvalue weighted by atomic mass is 9.93. The predicted octanol–water partition coefficient (Wildman–Crippen LogP) is 4.81. The minimum Gasteiger partial charge on any atom is -0.307 e. The van der Waals surface area contributed by atoms with Crippen LogP contribution in [0.25, 0.3) is 0 Å². The fourth-order valence-electron chi connectivity index (χ4n) is 3.41. The highest BCUT2D eigenvalue weighted by Crippen LogP contribution is 2.32. The first-order valence-electron chi connectivity index (χ1n) is 9.44. The van der Waals surface area contributed by atoms with Crippen molar-refractivity contribution in [2.24, 2.45) is 0 Å². The number of rotatable bonds is 6. The number of urea groups is 1. The molecule has 0 aliphatic carbocycles. The topological polar surface area (TPSA) is 78.5 Å². The van der Waals surface area contributed by atoms with Gasteiger partial charge in [-0.2, -0.15) is 12.7 Å². The van der Waals surface area contributed by atoms with E-state index in [0.717, 1.165) is 11.1 Å². The van der Waals surface area contributed by atoms with Crippen LogP contribution >= 0.6 is 0 Å². The van der Waals surface area contributed by atoms with Crippen LogP contribution in [0.1, 0.15) is 85.3 Å². The van der Waals surface area contributed by atoms with Gasteiger partial charge >= 0.3 is 16.2 Å². The molecule has 0 heterocycles. The smallest absolute Gasteiger partial charge is 0.307 e. The van der Waals surface area contributed by atoms with Gasteiger partial charge in [-0.3, -0.25) is 0 Å². The van der Waals surface area contributed by atoms with Gasteiger partial charge in [0.2, 0.25) is 0 Å². The molecule has 1 rings (SSSR count). The van der Waals surface area contributed by atoms with Crippen LogP contribution in [0.4, 0.5) is 10.5 Å². The Morgan fingerprint density at radius 1 is 0.963 bits per heavy atom. The summed E-state index contributed by atoms with van der Waals surface area (Å²) < 4.78 is 29.1. The van der Waals surface area contributed by atoms with E-state index in [9.17, 15) is 13.2 Å². The van der Waals surface area contributed by atoms with Crippen LogP contribution in [-0.4, -0.2) is 30.3 Å². The fourth-order valence-corrected chi connectivity index (χ4v) is 5.07. The van der Waals surface area contributed by atoms with Gasteiger partial charge in [0.25, 0.3) is 0 Å². The minimum absolute atomic E-state index is 0.192. The molecule has 0 atom stereocenters. The molecule has 0 spiro atoms. The highest BCUT2D eigenvalue weighted by atomic mass is 32.2. The van der Waals surface area contributed by atoms with E-state index in [4.69, 9.17) is 0 Å². The molecule has 0 aromatic heterocycles. The quantitative estimate of drug-likeness (QED) is 0.723. The predicted molar refractivity (Wildman–Crippen MR) is 112 cm³/mol.